The molecule has 0 aliphatic heterocycles. The molecule has 4 nitrogen and oxygen atoms in total. The molecule has 0 radical (unpaired) electrons. The minimum absolute atomic E-state index is 0.198. The average Bonchev–Trinajstić information content (AvgIpc) is 2.61. The number of nitrogens with one attached hydrogen (secondary N) is 1. The Morgan fingerprint density at radius 2 is 1.96 bits per heavy atom. The fourth-order valence-corrected chi connectivity index (χ4v) is 3.13. The van der Waals surface area contributed by atoms with Crippen LogP contribution in [0.3, 0.4) is 0 Å². The largest absolute Gasteiger partial charge is 0.494 e. The average molecular weight is 346 g/mol. The first kappa shape index (κ1) is 18.5. The molecule has 0 bridgehead atoms. The van der Waals surface area contributed by atoms with Crippen LogP contribution in [0.15, 0.2) is 30.3 Å². The van der Waals surface area contributed by atoms with E-state index < -0.39 is 0 Å². The zero-order valence-electron chi connectivity index (χ0n) is 14.5. The molecular weight excluding hydrogens is 320 g/mol. The van der Waals surface area contributed by atoms with Crippen molar-refractivity contribution in [1.82, 2.24) is 10.2 Å². The molecule has 2 rings (SSSR count). The molecule has 1 aromatic rings. The van der Waals surface area contributed by atoms with Crippen LogP contribution in [0, 0.1) is 0 Å². The van der Waals surface area contributed by atoms with Gasteiger partial charge < -0.3 is 9.64 Å². The van der Waals surface area contributed by atoms with Gasteiger partial charge in [-0.2, -0.15) is 0 Å². The van der Waals surface area contributed by atoms with E-state index in [9.17, 15) is 4.79 Å². The second kappa shape index (κ2) is 9.42. The predicted octanol–water partition coefficient (Wildman–Crippen LogP) is 3.76. The van der Waals surface area contributed by atoms with E-state index in [1.165, 1.54) is 25.3 Å². The number of rotatable bonds is 5. The van der Waals surface area contributed by atoms with Gasteiger partial charge in [0.15, 0.2) is 5.11 Å². The highest BCUT2D eigenvalue weighted by molar-refractivity contribution is 7.80. The first-order valence-corrected chi connectivity index (χ1v) is 8.99. The predicted molar refractivity (Wildman–Crippen MR) is 102 cm³/mol. The minimum atomic E-state index is -0.198. The van der Waals surface area contributed by atoms with Crippen LogP contribution >= 0.6 is 12.2 Å². The summed E-state index contributed by atoms with van der Waals surface area (Å²) >= 11 is 5.35. The van der Waals surface area contributed by atoms with Gasteiger partial charge in [-0.05, 0) is 55.8 Å². The maximum atomic E-state index is 12.0. The Labute approximate surface area is 149 Å². The Kier molecular flexibility index (Phi) is 7.25. The van der Waals surface area contributed by atoms with Crippen LogP contribution in [0.5, 0.6) is 5.75 Å². The van der Waals surface area contributed by atoms with E-state index in [1.807, 2.05) is 43.1 Å². The van der Waals surface area contributed by atoms with Crippen LogP contribution in [-0.2, 0) is 4.79 Å². The molecule has 1 N–H and O–H groups in total. The fourth-order valence-electron chi connectivity index (χ4n) is 2.88. The molecule has 5 heteroatoms. The SMILES string of the molecule is CCOc1ccc(/C=C/C(=O)NC(=S)N(C)C2CCCCC2)cc1. The molecule has 1 saturated carbocycles. The molecule has 24 heavy (non-hydrogen) atoms. The van der Waals surface area contributed by atoms with Crippen molar-refractivity contribution < 1.29 is 9.53 Å². The molecule has 0 spiro atoms. The van der Waals surface area contributed by atoms with Crippen molar-refractivity contribution in [3.63, 3.8) is 0 Å². The third-order valence-electron chi connectivity index (χ3n) is 4.29. The maximum Gasteiger partial charge on any atom is 0.250 e. The number of nitrogens with zero attached hydrogens (tertiary/aromatic N) is 1. The van der Waals surface area contributed by atoms with Gasteiger partial charge in [0.1, 0.15) is 5.75 Å². The summed E-state index contributed by atoms with van der Waals surface area (Å²) in [6.45, 7) is 2.59. The molecule has 130 valence electrons. The summed E-state index contributed by atoms with van der Waals surface area (Å²) in [6, 6.07) is 8.06. The van der Waals surface area contributed by atoms with Crippen molar-refractivity contribution in [3.05, 3.63) is 35.9 Å². The quantitative estimate of drug-likeness (QED) is 0.651. The molecule has 1 fully saturated rings. The third-order valence-corrected chi connectivity index (χ3v) is 4.68. The zero-order chi connectivity index (χ0) is 17.4. The van der Waals surface area contributed by atoms with Gasteiger partial charge in [-0.25, -0.2) is 0 Å². The van der Waals surface area contributed by atoms with E-state index in [-0.39, 0.29) is 5.91 Å². The van der Waals surface area contributed by atoms with Crippen LogP contribution in [0.25, 0.3) is 6.08 Å². The van der Waals surface area contributed by atoms with Gasteiger partial charge >= 0.3 is 0 Å². The van der Waals surface area contributed by atoms with Crippen molar-refractivity contribution in [2.75, 3.05) is 13.7 Å². The standard InChI is InChI=1S/C19H26N2O2S/c1-3-23-17-12-9-15(10-13-17)11-14-18(22)20-19(24)21(2)16-7-5-4-6-8-16/h9-14,16H,3-8H2,1-2H3,(H,20,22,24)/b14-11+. The summed E-state index contributed by atoms with van der Waals surface area (Å²) in [6.07, 6.45) is 9.36. The summed E-state index contributed by atoms with van der Waals surface area (Å²) in [5.74, 6) is 0.630. The minimum Gasteiger partial charge on any atom is -0.494 e. The lowest BCUT2D eigenvalue weighted by atomic mass is 9.95. The number of amides is 1. The van der Waals surface area contributed by atoms with Gasteiger partial charge in [-0.3, -0.25) is 10.1 Å². The van der Waals surface area contributed by atoms with E-state index in [1.54, 1.807) is 6.08 Å². The lowest BCUT2D eigenvalue weighted by molar-refractivity contribution is -0.115. The van der Waals surface area contributed by atoms with E-state index in [2.05, 4.69) is 5.32 Å². The van der Waals surface area contributed by atoms with E-state index in [4.69, 9.17) is 17.0 Å². The molecule has 1 aliphatic rings. The van der Waals surface area contributed by atoms with Gasteiger partial charge in [-0.1, -0.05) is 31.4 Å². The lowest BCUT2D eigenvalue weighted by Crippen LogP contribution is -2.45. The molecule has 0 atom stereocenters. The Hall–Kier alpha value is -1.88. The van der Waals surface area contributed by atoms with Gasteiger partial charge in [0.2, 0.25) is 5.91 Å². The summed E-state index contributed by atoms with van der Waals surface area (Å²) in [4.78, 5) is 14.1. The van der Waals surface area contributed by atoms with E-state index >= 15 is 0 Å². The van der Waals surface area contributed by atoms with Crippen LogP contribution in [0.1, 0.15) is 44.6 Å². The smallest absolute Gasteiger partial charge is 0.250 e. The van der Waals surface area contributed by atoms with Crippen molar-refractivity contribution in [1.29, 1.82) is 0 Å². The summed E-state index contributed by atoms with van der Waals surface area (Å²) in [7, 11) is 1.97. The topological polar surface area (TPSA) is 41.6 Å². The fraction of sp³-hybridized carbons (Fsp3) is 0.474. The Morgan fingerprint density at radius 1 is 1.29 bits per heavy atom. The molecule has 1 aromatic carbocycles. The summed E-state index contributed by atoms with van der Waals surface area (Å²) in [5, 5.41) is 3.29. The molecule has 0 unspecified atom stereocenters. The van der Waals surface area contributed by atoms with Gasteiger partial charge in [0.25, 0.3) is 0 Å². The summed E-state index contributed by atoms with van der Waals surface area (Å²) in [5.41, 5.74) is 0.945. The molecule has 0 aromatic heterocycles. The first-order valence-electron chi connectivity index (χ1n) is 8.59. The highest BCUT2D eigenvalue weighted by Gasteiger charge is 2.20. The van der Waals surface area contributed by atoms with Gasteiger partial charge in [0.05, 0.1) is 6.61 Å². The molecule has 1 amide bonds. The maximum absolute atomic E-state index is 12.0. The second-order valence-electron chi connectivity index (χ2n) is 6.03. The van der Waals surface area contributed by atoms with Crippen LogP contribution < -0.4 is 10.1 Å². The number of benzene rings is 1. The number of ether oxygens (including phenoxy) is 1. The Bertz CT molecular complexity index is 578. The lowest BCUT2D eigenvalue weighted by Gasteiger charge is -2.32. The van der Waals surface area contributed by atoms with Crippen molar-refractivity contribution in [2.24, 2.45) is 0 Å². The van der Waals surface area contributed by atoms with Gasteiger partial charge in [0, 0.05) is 19.2 Å². The molecule has 0 saturated heterocycles. The monoisotopic (exact) mass is 346 g/mol. The highest BCUT2D eigenvalue weighted by Crippen LogP contribution is 2.21. The highest BCUT2D eigenvalue weighted by atomic mass is 32.1. The van der Waals surface area contributed by atoms with Gasteiger partial charge in [-0.15, -0.1) is 0 Å². The van der Waals surface area contributed by atoms with Crippen molar-refractivity contribution in [2.45, 2.75) is 45.1 Å². The van der Waals surface area contributed by atoms with Crippen LogP contribution in [0.4, 0.5) is 0 Å². The molecular formula is C19H26N2O2S. The van der Waals surface area contributed by atoms with Crippen LogP contribution in [-0.4, -0.2) is 35.6 Å². The summed E-state index contributed by atoms with van der Waals surface area (Å²) < 4.78 is 5.40. The number of hydrogen-bond acceptors (Lipinski definition) is 3. The third kappa shape index (κ3) is 5.64. The number of thiocarbonyl (C=S) groups is 1. The Morgan fingerprint density at radius 3 is 2.58 bits per heavy atom. The number of carbonyl (C=O) groups excluding carboxylic acids is 1. The van der Waals surface area contributed by atoms with Crippen LogP contribution in [0.2, 0.25) is 0 Å². The molecule has 0 heterocycles. The van der Waals surface area contributed by atoms with Crippen molar-refractivity contribution in [3.8, 4) is 5.75 Å². The number of carbonyl (C=O) groups is 1. The molecule has 1 aliphatic carbocycles. The zero-order valence-corrected chi connectivity index (χ0v) is 15.3. The number of hydrogen-bond donors (Lipinski definition) is 1. The van der Waals surface area contributed by atoms with E-state index in [0.717, 1.165) is 24.2 Å². The van der Waals surface area contributed by atoms with E-state index in [0.29, 0.717) is 17.8 Å². The normalized spacial score (nSPS) is 15.2. The van der Waals surface area contributed by atoms with Crippen molar-refractivity contribution >= 4 is 29.3 Å². The Balaban J connectivity index is 1.83. The first-order chi connectivity index (χ1) is 11.6. The second-order valence-corrected chi connectivity index (χ2v) is 6.42.